The summed E-state index contributed by atoms with van der Waals surface area (Å²) in [6.07, 6.45) is 3.27. The third-order valence-electron chi connectivity index (χ3n) is 3.39. The van der Waals surface area contributed by atoms with Crippen molar-refractivity contribution in [2.75, 3.05) is 20.1 Å². The molecule has 0 aromatic heterocycles. The Hall–Kier alpha value is -0.810. The molecule has 2 amide bonds. The first-order valence-electron chi connectivity index (χ1n) is 5.97. The molecule has 2 heterocycles. The smallest absolute Gasteiger partial charge is 0.245 e. The lowest BCUT2D eigenvalue weighted by atomic mass is 10.1. The van der Waals surface area contributed by atoms with Crippen LogP contribution in [0.25, 0.3) is 0 Å². The van der Waals surface area contributed by atoms with Crippen LogP contribution in [0.2, 0.25) is 0 Å². The molecule has 17 heavy (non-hydrogen) atoms. The minimum Gasteiger partial charge on any atom is -0.344 e. The zero-order valence-corrected chi connectivity index (χ0v) is 10.9. The highest BCUT2D eigenvalue weighted by Gasteiger charge is 2.35. The van der Waals surface area contributed by atoms with E-state index in [-0.39, 0.29) is 30.3 Å². The van der Waals surface area contributed by atoms with E-state index in [1.807, 2.05) is 11.9 Å². The van der Waals surface area contributed by atoms with E-state index in [9.17, 15) is 9.59 Å². The molecule has 0 aromatic rings. The molecule has 6 heteroatoms. The average molecular weight is 262 g/mol. The molecule has 2 atom stereocenters. The first-order chi connectivity index (χ1) is 7.72. The van der Waals surface area contributed by atoms with Gasteiger partial charge in [0.05, 0.1) is 0 Å². The summed E-state index contributed by atoms with van der Waals surface area (Å²) in [5, 5.41) is 5.86. The normalized spacial score (nSPS) is 27.8. The number of nitrogens with zero attached hydrogens (tertiary/aromatic N) is 1. The standard InChI is InChI=1S/C11H19N3O2.ClH/c1-12-7-8-3-2-6-14(8)11(16)9-4-5-10(15)13-9;/h8-9,12H,2-7H2,1H3,(H,13,15);1H. The predicted molar refractivity (Wildman–Crippen MR) is 67.1 cm³/mol. The van der Waals surface area contributed by atoms with Gasteiger partial charge in [0.15, 0.2) is 0 Å². The average Bonchev–Trinajstić information content (AvgIpc) is 2.87. The number of amides is 2. The second-order valence-electron chi connectivity index (χ2n) is 4.54. The summed E-state index contributed by atoms with van der Waals surface area (Å²) < 4.78 is 0. The summed E-state index contributed by atoms with van der Waals surface area (Å²) in [5.41, 5.74) is 0. The number of carbonyl (C=O) groups is 2. The van der Waals surface area contributed by atoms with Crippen LogP contribution >= 0.6 is 12.4 Å². The van der Waals surface area contributed by atoms with Crippen LogP contribution in [0.5, 0.6) is 0 Å². The van der Waals surface area contributed by atoms with Crippen LogP contribution in [0.3, 0.4) is 0 Å². The van der Waals surface area contributed by atoms with Gasteiger partial charge in [-0.1, -0.05) is 0 Å². The Morgan fingerprint density at radius 1 is 1.53 bits per heavy atom. The quantitative estimate of drug-likeness (QED) is 0.746. The lowest BCUT2D eigenvalue weighted by Gasteiger charge is -2.27. The van der Waals surface area contributed by atoms with Gasteiger partial charge in [-0.15, -0.1) is 12.4 Å². The molecule has 0 aliphatic carbocycles. The van der Waals surface area contributed by atoms with Gasteiger partial charge in [0.1, 0.15) is 6.04 Å². The summed E-state index contributed by atoms with van der Waals surface area (Å²) in [6, 6.07) is 0.0277. The summed E-state index contributed by atoms with van der Waals surface area (Å²) in [5.74, 6) is 0.103. The third-order valence-corrected chi connectivity index (χ3v) is 3.39. The van der Waals surface area contributed by atoms with Crippen molar-refractivity contribution < 1.29 is 9.59 Å². The molecule has 98 valence electrons. The first-order valence-corrected chi connectivity index (χ1v) is 5.97. The molecular formula is C11H20ClN3O2. The van der Waals surface area contributed by atoms with Crippen molar-refractivity contribution in [1.29, 1.82) is 0 Å². The number of likely N-dealkylation sites (N-methyl/N-ethyl adjacent to an activating group) is 1. The number of hydrogen-bond donors (Lipinski definition) is 2. The second-order valence-corrected chi connectivity index (χ2v) is 4.54. The van der Waals surface area contributed by atoms with Crippen molar-refractivity contribution in [3.63, 3.8) is 0 Å². The van der Waals surface area contributed by atoms with Gasteiger partial charge in [-0.25, -0.2) is 0 Å². The Morgan fingerprint density at radius 3 is 2.88 bits per heavy atom. The highest BCUT2D eigenvalue weighted by molar-refractivity contribution is 5.91. The van der Waals surface area contributed by atoms with Crippen molar-refractivity contribution in [1.82, 2.24) is 15.5 Å². The van der Waals surface area contributed by atoms with Crippen molar-refractivity contribution in [3.05, 3.63) is 0 Å². The molecule has 0 saturated carbocycles. The molecule has 0 bridgehead atoms. The molecule has 2 saturated heterocycles. The van der Waals surface area contributed by atoms with E-state index < -0.39 is 0 Å². The lowest BCUT2D eigenvalue weighted by Crippen LogP contribution is -2.48. The topological polar surface area (TPSA) is 61.4 Å². The van der Waals surface area contributed by atoms with E-state index in [4.69, 9.17) is 0 Å². The Kier molecular flexibility index (Phi) is 5.21. The number of rotatable bonds is 3. The van der Waals surface area contributed by atoms with Gasteiger partial charge in [-0.05, 0) is 26.3 Å². The summed E-state index contributed by atoms with van der Waals surface area (Å²) >= 11 is 0. The largest absolute Gasteiger partial charge is 0.344 e. The van der Waals surface area contributed by atoms with Crippen LogP contribution in [0, 0.1) is 0 Å². The molecular weight excluding hydrogens is 242 g/mol. The van der Waals surface area contributed by atoms with Gasteiger partial charge < -0.3 is 15.5 Å². The van der Waals surface area contributed by atoms with Crippen LogP contribution in [-0.4, -0.2) is 48.9 Å². The molecule has 0 spiro atoms. The highest BCUT2D eigenvalue weighted by atomic mass is 35.5. The fourth-order valence-corrected chi connectivity index (χ4v) is 2.57. The van der Waals surface area contributed by atoms with Gasteiger partial charge in [-0.3, -0.25) is 9.59 Å². The summed E-state index contributed by atoms with van der Waals surface area (Å²) in [4.78, 5) is 25.2. The molecule has 2 fully saturated rings. The molecule has 2 rings (SSSR count). The Morgan fingerprint density at radius 2 is 2.29 bits per heavy atom. The Balaban J connectivity index is 0.00000144. The van der Waals surface area contributed by atoms with Gasteiger partial charge in [0.2, 0.25) is 11.8 Å². The predicted octanol–water partition coefficient (Wildman–Crippen LogP) is -0.103. The van der Waals surface area contributed by atoms with Gasteiger partial charge in [0, 0.05) is 25.6 Å². The van der Waals surface area contributed by atoms with E-state index in [1.54, 1.807) is 0 Å². The van der Waals surface area contributed by atoms with E-state index >= 15 is 0 Å². The highest BCUT2D eigenvalue weighted by Crippen LogP contribution is 2.20. The number of hydrogen-bond acceptors (Lipinski definition) is 3. The molecule has 5 nitrogen and oxygen atoms in total. The molecule has 2 aliphatic rings. The van der Waals surface area contributed by atoms with E-state index in [2.05, 4.69) is 10.6 Å². The first kappa shape index (κ1) is 14.3. The Labute approximate surface area is 108 Å². The summed E-state index contributed by atoms with van der Waals surface area (Å²) in [7, 11) is 1.90. The van der Waals surface area contributed by atoms with Gasteiger partial charge in [-0.2, -0.15) is 0 Å². The minimum atomic E-state index is -0.273. The monoisotopic (exact) mass is 261 g/mol. The molecule has 2 unspecified atom stereocenters. The van der Waals surface area contributed by atoms with Crippen molar-refractivity contribution in [3.8, 4) is 0 Å². The maximum Gasteiger partial charge on any atom is 0.245 e. The van der Waals surface area contributed by atoms with Crippen molar-refractivity contribution in [2.24, 2.45) is 0 Å². The zero-order valence-electron chi connectivity index (χ0n) is 10.1. The Bertz CT molecular complexity index is 298. The van der Waals surface area contributed by atoms with Crippen LogP contribution < -0.4 is 10.6 Å². The number of likely N-dealkylation sites (tertiary alicyclic amines) is 1. The van der Waals surface area contributed by atoms with Crippen LogP contribution in [0.4, 0.5) is 0 Å². The lowest BCUT2D eigenvalue weighted by molar-refractivity contribution is -0.135. The van der Waals surface area contributed by atoms with Crippen LogP contribution in [0.15, 0.2) is 0 Å². The maximum atomic E-state index is 12.2. The van der Waals surface area contributed by atoms with Crippen LogP contribution in [0.1, 0.15) is 25.7 Å². The third kappa shape index (κ3) is 3.10. The van der Waals surface area contributed by atoms with Crippen LogP contribution in [-0.2, 0) is 9.59 Å². The number of halogens is 1. The number of nitrogens with one attached hydrogen (secondary N) is 2. The number of carbonyl (C=O) groups excluding carboxylic acids is 2. The molecule has 0 radical (unpaired) electrons. The second kappa shape index (κ2) is 6.21. The zero-order chi connectivity index (χ0) is 11.5. The van der Waals surface area contributed by atoms with E-state index in [0.29, 0.717) is 18.9 Å². The fourth-order valence-electron chi connectivity index (χ4n) is 2.57. The SMILES string of the molecule is CNCC1CCCN1C(=O)C1CCC(=O)N1.Cl. The molecule has 0 aromatic carbocycles. The fraction of sp³-hybridized carbons (Fsp3) is 0.818. The van der Waals surface area contributed by atoms with Crippen molar-refractivity contribution in [2.45, 2.75) is 37.8 Å². The van der Waals surface area contributed by atoms with Gasteiger partial charge >= 0.3 is 0 Å². The van der Waals surface area contributed by atoms with E-state index in [0.717, 1.165) is 25.9 Å². The maximum absolute atomic E-state index is 12.2. The molecule has 2 N–H and O–H groups in total. The summed E-state index contributed by atoms with van der Waals surface area (Å²) in [6.45, 7) is 1.67. The minimum absolute atomic E-state index is 0. The molecule has 2 aliphatic heterocycles. The van der Waals surface area contributed by atoms with Gasteiger partial charge in [0.25, 0.3) is 0 Å². The van der Waals surface area contributed by atoms with Crippen molar-refractivity contribution >= 4 is 24.2 Å². The van der Waals surface area contributed by atoms with E-state index in [1.165, 1.54) is 0 Å².